The third-order valence-electron chi connectivity index (χ3n) is 3.12. The molecule has 0 aromatic heterocycles. The maximum atomic E-state index is 12.0. The number of nitrogens with one attached hydrogen (secondary N) is 2. The summed E-state index contributed by atoms with van der Waals surface area (Å²) in [5, 5.41) is 5.62. The maximum absolute atomic E-state index is 12.0. The van der Waals surface area contributed by atoms with Crippen LogP contribution < -0.4 is 10.6 Å². The largest absolute Gasteiger partial charge is 0.352 e. The number of hydrogen-bond acceptors (Lipinski definition) is 2. The second-order valence-corrected chi connectivity index (χ2v) is 4.49. The molecule has 20 heavy (non-hydrogen) atoms. The van der Waals surface area contributed by atoms with Gasteiger partial charge >= 0.3 is 6.03 Å². The second-order valence-electron chi connectivity index (χ2n) is 4.49. The summed E-state index contributed by atoms with van der Waals surface area (Å²) in [4.78, 5) is 25.4. The topological polar surface area (TPSA) is 61.4 Å². The SMILES string of the molecule is CCNC(=O)c1ccc(NC(=O)N(CC)CC)c(C)c1. The minimum absolute atomic E-state index is 0.0998. The number of rotatable bonds is 5. The highest BCUT2D eigenvalue weighted by atomic mass is 16.2. The Morgan fingerprint density at radius 1 is 1.15 bits per heavy atom. The van der Waals surface area contributed by atoms with Crippen LogP contribution in [0.25, 0.3) is 0 Å². The summed E-state index contributed by atoms with van der Waals surface area (Å²) in [5.41, 5.74) is 2.20. The number of anilines is 1. The number of benzene rings is 1. The van der Waals surface area contributed by atoms with Crippen molar-refractivity contribution in [1.29, 1.82) is 0 Å². The van der Waals surface area contributed by atoms with Gasteiger partial charge in [0.15, 0.2) is 0 Å². The molecule has 2 N–H and O–H groups in total. The first-order chi connectivity index (χ1) is 9.53. The lowest BCUT2D eigenvalue weighted by atomic mass is 10.1. The highest BCUT2D eigenvalue weighted by molar-refractivity contribution is 5.96. The zero-order valence-electron chi connectivity index (χ0n) is 12.6. The van der Waals surface area contributed by atoms with E-state index in [1.165, 1.54) is 0 Å². The normalized spacial score (nSPS) is 10.0. The van der Waals surface area contributed by atoms with E-state index in [0.717, 1.165) is 11.3 Å². The van der Waals surface area contributed by atoms with Crippen molar-refractivity contribution in [2.75, 3.05) is 25.0 Å². The predicted octanol–water partition coefficient (Wildman–Crippen LogP) is 2.62. The van der Waals surface area contributed by atoms with Crippen LogP contribution in [0, 0.1) is 6.92 Å². The molecular formula is C15H23N3O2. The first-order valence-electron chi connectivity index (χ1n) is 6.98. The van der Waals surface area contributed by atoms with Gasteiger partial charge in [-0.1, -0.05) is 0 Å². The molecule has 0 fully saturated rings. The van der Waals surface area contributed by atoms with Crippen molar-refractivity contribution in [2.45, 2.75) is 27.7 Å². The Kier molecular flexibility index (Phi) is 6.03. The molecule has 1 rings (SSSR count). The number of hydrogen-bond donors (Lipinski definition) is 2. The lowest BCUT2D eigenvalue weighted by Gasteiger charge is -2.20. The molecular weight excluding hydrogens is 254 g/mol. The molecule has 0 heterocycles. The first kappa shape index (κ1) is 16.0. The lowest BCUT2D eigenvalue weighted by Crippen LogP contribution is -2.34. The quantitative estimate of drug-likeness (QED) is 0.869. The van der Waals surface area contributed by atoms with E-state index >= 15 is 0 Å². The zero-order valence-corrected chi connectivity index (χ0v) is 12.6. The number of carbonyl (C=O) groups excluding carboxylic acids is 2. The number of carbonyl (C=O) groups is 2. The van der Waals surface area contributed by atoms with Crippen LogP contribution in [0.2, 0.25) is 0 Å². The van der Waals surface area contributed by atoms with Crippen LogP contribution in [-0.2, 0) is 0 Å². The summed E-state index contributed by atoms with van der Waals surface area (Å²) in [6.07, 6.45) is 0. The summed E-state index contributed by atoms with van der Waals surface area (Å²) in [7, 11) is 0. The van der Waals surface area contributed by atoms with E-state index in [-0.39, 0.29) is 11.9 Å². The highest BCUT2D eigenvalue weighted by Crippen LogP contribution is 2.17. The van der Waals surface area contributed by atoms with Gasteiger partial charge in [0.1, 0.15) is 0 Å². The Morgan fingerprint density at radius 3 is 2.30 bits per heavy atom. The molecule has 0 radical (unpaired) electrons. The minimum atomic E-state index is -0.121. The smallest absolute Gasteiger partial charge is 0.321 e. The number of aryl methyl sites for hydroxylation is 1. The van der Waals surface area contributed by atoms with E-state index in [9.17, 15) is 9.59 Å². The molecule has 1 aromatic rings. The number of amides is 3. The zero-order chi connectivity index (χ0) is 15.1. The van der Waals surface area contributed by atoms with Gasteiger partial charge in [0.25, 0.3) is 5.91 Å². The van der Waals surface area contributed by atoms with Gasteiger partial charge in [-0.05, 0) is 51.5 Å². The van der Waals surface area contributed by atoms with Crippen molar-refractivity contribution in [2.24, 2.45) is 0 Å². The molecule has 5 nitrogen and oxygen atoms in total. The molecule has 1 aromatic carbocycles. The van der Waals surface area contributed by atoms with E-state index in [0.29, 0.717) is 25.2 Å². The standard InChI is InChI=1S/C15H23N3O2/c1-5-16-14(19)12-8-9-13(11(4)10-12)17-15(20)18(6-2)7-3/h8-10H,5-7H2,1-4H3,(H,16,19)(H,17,20). The molecule has 0 saturated carbocycles. The summed E-state index contributed by atoms with van der Waals surface area (Å²) in [6, 6.07) is 5.14. The van der Waals surface area contributed by atoms with Gasteiger partial charge in [-0.2, -0.15) is 0 Å². The summed E-state index contributed by atoms with van der Waals surface area (Å²) < 4.78 is 0. The molecule has 0 atom stereocenters. The molecule has 5 heteroatoms. The van der Waals surface area contributed by atoms with Crippen LogP contribution >= 0.6 is 0 Å². The highest BCUT2D eigenvalue weighted by Gasteiger charge is 2.12. The van der Waals surface area contributed by atoms with Gasteiger partial charge in [-0.15, -0.1) is 0 Å². The van der Waals surface area contributed by atoms with E-state index < -0.39 is 0 Å². The van der Waals surface area contributed by atoms with Crippen molar-refractivity contribution in [3.05, 3.63) is 29.3 Å². The van der Waals surface area contributed by atoms with Gasteiger partial charge in [-0.25, -0.2) is 4.79 Å². The molecule has 0 saturated heterocycles. The van der Waals surface area contributed by atoms with Gasteiger partial charge in [0.05, 0.1) is 0 Å². The fourth-order valence-electron chi connectivity index (χ4n) is 1.91. The fraction of sp³-hybridized carbons (Fsp3) is 0.467. The Morgan fingerprint density at radius 2 is 1.80 bits per heavy atom. The molecule has 0 aliphatic heterocycles. The average molecular weight is 277 g/mol. The van der Waals surface area contributed by atoms with Crippen molar-refractivity contribution >= 4 is 17.6 Å². The predicted molar refractivity (Wildman–Crippen MR) is 81.1 cm³/mol. The minimum Gasteiger partial charge on any atom is -0.352 e. The van der Waals surface area contributed by atoms with Crippen molar-refractivity contribution in [3.8, 4) is 0 Å². The molecule has 0 bridgehead atoms. The number of urea groups is 1. The average Bonchev–Trinajstić information content (AvgIpc) is 2.42. The third-order valence-corrected chi connectivity index (χ3v) is 3.12. The Balaban J connectivity index is 2.83. The van der Waals surface area contributed by atoms with E-state index in [2.05, 4.69) is 10.6 Å². The van der Waals surface area contributed by atoms with Crippen molar-refractivity contribution in [3.63, 3.8) is 0 Å². The van der Waals surface area contributed by atoms with Crippen molar-refractivity contribution in [1.82, 2.24) is 10.2 Å². The van der Waals surface area contributed by atoms with Crippen LogP contribution in [0.5, 0.6) is 0 Å². The van der Waals surface area contributed by atoms with Gasteiger partial charge in [0.2, 0.25) is 0 Å². The Bertz CT molecular complexity index is 482. The first-order valence-corrected chi connectivity index (χ1v) is 6.98. The van der Waals surface area contributed by atoms with E-state index in [1.54, 1.807) is 23.1 Å². The van der Waals surface area contributed by atoms with Crippen LogP contribution in [0.4, 0.5) is 10.5 Å². The Labute approximate surface area is 120 Å². The number of nitrogens with zero attached hydrogens (tertiary/aromatic N) is 1. The molecule has 3 amide bonds. The Hall–Kier alpha value is -2.04. The lowest BCUT2D eigenvalue weighted by molar-refractivity contribution is 0.0955. The maximum Gasteiger partial charge on any atom is 0.321 e. The summed E-state index contributed by atoms with van der Waals surface area (Å²) >= 11 is 0. The third kappa shape index (κ3) is 3.98. The van der Waals surface area contributed by atoms with E-state index in [4.69, 9.17) is 0 Å². The molecule has 0 spiro atoms. The summed E-state index contributed by atoms with van der Waals surface area (Å²) in [5.74, 6) is -0.0998. The van der Waals surface area contributed by atoms with Crippen LogP contribution in [0.3, 0.4) is 0 Å². The second kappa shape index (κ2) is 7.53. The molecule has 0 unspecified atom stereocenters. The van der Waals surface area contributed by atoms with Gasteiger partial charge in [-0.3, -0.25) is 4.79 Å². The molecule has 110 valence electrons. The monoisotopic (exact) mass is 277 g/mol. The van der Waals surface area contributed by atoms with Crippen molar-refractivity contribution < 1.29 is 9.59 Å². The summed E-state index contributed by atoms with van der Waals surface area (Å²) in [6.45, 7) is 9.56. The van der Waals surface area contributed by atoms with E-state index in [1.807, 2.05) is 27.7 Å². The van der Waals surface area contributed by atoms with Gasteiger partial charge < -0.3 is 15.5 Å². The fourth-order valence-corrected chi connectivity index (χ4v) is 1.91. The van der Waals surface area contributed by atoms with Crippen LogP contribution in [-0.4, -0.2) is 36.5 Å². The molecule has 0 aliphatic rings. The van der Waals surface area contributed by atoms with Gasteiger partial charge in [0, 0.05) is 30.9 Å². The van der Waals surface area contributed by atoms with Crippen LogP contribution in [0.1, 0.15) is 36.7 Å². The molecule has 0 aliphatic carbocycles. The van der Waals surface area contributed by atoms with Crippen LogP contribution in [0.15, 0.2) is 18.2 Å².